The molecule has 1 aromatic rings. The molecule has 1 aliphatic rings. The van der Waals surface area contributed by atoms with E-state index in [2.05, 4.69) is 18.9 Å². The van der Waals surface area contributed by atoms with Crippen molar-refractivity contribution in [3.8, 4) is 0 Å². The van der Waals surface area contributed by atoms with Crippen LogP contribution in [0, 0.1) is 0 Å². The lowest BCUT2D eigenvalue weighted by Gasteiger charge is -2.23. The molecule has 1 heterocycles. The maximum absolute atomic E-state index is 5.83. The average molecular weight is 264 g/mol. The molecule has 2 unspecified atom stereocenters. The van der Waals surface area contributed by atoms with Crippen LogP contribution in [0.5, 0.6) is 0 Å². The topological polar surface area (TPSA) is 38.5 Å². The van der Waals surface area contributed by atoms with E-state index in [1.165, 1.54) is 6.42 Å². The van der Waals surface area contributed by atoms with Crippen molar-refractivity contribution in [2.24, 2.45) is 5.73 Å². The lowest BCUT2D eigenvalue weighted by Crippen LogP contribution is -2.29. The summed E-state index contributed by atoms with van der Waals surface area (Å²) in [6.45, 7) is 3.06. The zero-order chi connectivity index (χ0) is 13.1. The van der Waals surface area contributed by atoms with Crippen molar-refractivity contribution in [2.75, 3.05) is 18.5 Å². The van der Waals surface area contributed by atoms with Gasteiger partial charge in [-0.05, 0) is 44.0 Å². The molecule has 0 aliphatic carbocycles. The molecule has 4 heteroatoms. The van der Waals surface area contributed by atoms with Crippen molar-refractivity contribution < 1.29 is 4.74 Å². The Labute approximate surface area is 114 Å². The van der Waals surface area contributed by atoms with E-state index in [1.807, 2.05) is 24.3 Å². The Kier molecular flexibility index (Phi) is 4.19. The van der Waals surface area contributed by atoms with Gasteiger partial charge < -0.3 is 15.4 Å². The second-order valence-corrected chi connectivity index (χ2v) is 5.38. The van der Waals surface area contributed by atoms with Crippen LogP contribution in [0.15, 0.2) is 24.3 Å². The Morgan fingerprint density at radius 1 is 1.39 bits per heavy atom. The van der Waals surface area contributed by atoms with Crippen LogP contribution in [0.1, 0.15) is 25.3 Å². The summed E-state index contributed by atoms with van der Waals surface area (Å²) in [5, 5.41) is 0. The average Bonchev–Trinajstić information content (AvgIpc) is 2.75. The van der Waals surface area contributed by atoms with Gasteiger partial charge in [-0.15, -0.1) is 0 Å². The number of ether oxygens (including phenoxy) is 1. The first kappa shape index (κ1) is 13.3. The van der Waals surface area contributed by atoms with Crippen LogP contribution in [0.2, 0.25) is 0 Å². The Morgan fingerprint density at radius 2 is 2.06 bits per heavy atom. The largest absolute Gasteiger partial charge is 0.389 e. The molecular formula is C14H20N2OS. The maximum atomic E-state index is 5.83. The predicted octanol–water partition coefficient (Wildman–Crippen LogP) is 2.32. The van der Waals surface area contributed by atoms with E-state index in [0.717, 1.165) is 24.2 Å². The highest BCUT2D eigenvalue weighted by atomic mass is 32.1. The van der Waals surface area contributed by atoms with Gasteiger partial charge in [0.05, 0.1) is 12.2 Å². The number of benzene rings is 1. The number of thiocarbonyl (C=S) groups is 1. The third-order valence-electron chi connectivity index (χ3n) is 3.39. The minimum absolute atomic E-state index is 0.347. The van der Waals surface area contributed by atoms with Crippen molar-refractivity contribution in [1.82, 2.24) is 0 Å². The molecule has 0 saturated carbocycles. The summed E-state index contributed by atoms with van der Waals surface area (Å²) in [5.74, 6) is 0. The lowest BCUT2D eigenvalue weighted by molar-refractivity contribution is 0.0606. The molecule has 2 atom stereocenters. The van der Waals surface area contributed by atoms with Crippen molar-refractivity contribution in [3.63, 3.8) is 0 Å². The fourth-order valence-electron chi connectivity index (χ4n) is 2.31. The third kappa shape index (κ3) is 3.21. The molecule has 2 rings (SSSR count). The van der Waals surface area contributed by atoms with Gasteiger partial charge in [-0.2, -0.15) is 0 Å². The van der Waals surface area contributed by atoms with E-state index in [4.69, 9.17) is 22.7 Å². The molecule has 0 amide bonds. The first-order valence-corrected chi connectivity index (χ1v) is 6.73. The summed E-state index contributed by atoms with van der Waals surface area (Å²) in [6.07, 6.45) is 3.07. The summed E-state index contributed by atoms with van der Waals surface area (Å²) >= 11 is 4.94. The van der Waals surface area contributed by atoms with Gasteiger partial charge >= 0.3 is 0 Å². The minimum Gasteiger partial charge on any atom is -0.389 e. The normalized spacial score (nSPS) is 23.0. The second kappa shape index (κ2) is 5.67. The third-order valence-corrected chi connectivity index (χ3v) is 3.63. The fourth-order valence-corrected chi connectivity index (χ4v) is 2.45. The summed E-state index contributed by atoms with van der Waals surface area (Å²) in [6, 6.07) is 8.03. The van der Waals surface area contributed by atoms with Crippen LogP contribution in [0.3, 0.4) is 0 Å². The Balaban J connectivity index is 1.96. The highest BCUT2D eigenvalue weighted by molar-refractivity contribution is 7.80. The van der Waals surface area contributed by atoms with Gasteiger partial charge in [0, 0.05) is 24.8 Å². The molecular weight excluding hydrogens is 244 g/mol. The van der Waals surface area contributed by atoms with Crippen LogP contribution < -0.4 is 10.6 Å². The lowest BCUT2D eigenvalue weighted by atomic mass is 10.1. The summed E-state index contributed by atoms with van der Waals surface area (Å²) < 4.78 is 5.83. The highest BCUT2D eigenvalue weighted by Gasteiger charge is 2.22. The van der Waals surface area contributed by atoms with Gasteiger partial charge in [0.1, 0.15) is 4.99 Å². The maximum Gasteiger partial charge on any atom is 0.103 e. The van der Waals surface area contributed by atoms with Crippen molar-refractivity contribution in [1.29, 1.82) is 0 Å². The van der Waals surface area contributed by atoms with Crippen LogP contribution in [0.25, 0.3) is 0 Å². The van der Waals surface area contributed by atoms with E-state index < -0.39 is 0 Å². The molecule has 1 saturated heterocycles. The fraction of sp³-hybridized carbons (Fsp3) is 0.500. The number of hydrogen-bond donors (Lipinski definition) is 1. The van der Waals surface area contributed by atoms with Gasteiger partial charge in [0.25, 0.3) is 0 Å². The molecule has 1 aromatic carbocycles. The SMILES string of the molecule is CC1CCC(CN(C)c2ccc(C(N)=S)cc2)O1. The molecule has 0 bridgehead atoms. The molecule has 98 valence electrons. The van der Waals surface area contributed by atoms with Crippen molar-refractivity contribution >= 4 is 22.9 Å². The molecule has 3 nitrogen and oxygen atoms in total. The first-order chi connectivity index (χ1) is 8.56. The van der Waals surface area contributed by atoms with Crippen LogP contribution in [-0.4, -0.2) is 30.8 Å². The van der Waals surface area contributed by atoms with E-state index in [0.29, 0.717) is 17.2 Å². The van der Waals surface area contributed by atoms with Gasteiger partial charge in [0.2, 0.25) is 0 Å². The number of rotatable bonds is 4. The predicted molar refractivity (Wildman–Crippen MR) is 79.2 cm³/mol. The van der Waals surface area contributed by atoms with Crippen molar-refractivity contribution in [3.05, 3.63) is 29.8 Å². The summed E-state index contributed by atoms with van der Waals surface area (Å²) in [4.78, 5) is 2.66. The van der Waals surface area contributed by atoms with Crippen LogP contribution >= 0.6 is 12.2 Å². The zero-order valence-electron chi connectivity index (χ0n) is 10.9. The smallest absolute Gasteiger partial charge is 0.103 e. The minimum atomic E-state index is 0.347. The van der Waals surface area contributed by atoms with Crippen LogP contribution in [0.4, 0.5) is 5.69 Å². The number of nitrogens with two attached hydrogens (primary N) is 1. The second-order valence-electron chi connectivity index (χ2n) is 4.94. The number of likely N-dealkylation sites (N-methyl/N-ethyl adjacent to an activating group) is 1. The Morgan fingerprint density at radius 3 is 2.56 bits per heavy atom. The van der Waals surface area contributed by atoms with E-state index in [1.54, 1.807) is 0 Å². The zero-order valence-corrected chi connectivity index (χ0v) is 11.7. The van der Waals surface area contributed by atoms with Gasteiger partial charge in [0.15, 0.2) is 0 Å². The molecule has 0 radical (unpaired) electrons. The molecule has 2 N–H and O–H groups in total. The quantitative estimate of drug-likeness (QED) is 0.847. The summed E-state index contributed by atoms with van der Waals surface area (Å²) in [7, 11) is 2.09. The highest BCUT2D eigenvalue weighted by Crippen LogP contribution is 2.22. The van der Waals surface area contributed by atoms with E-state index >= 15 is 0 Å². The Hall–Kier alpha value is -1.13. The van der Waals surface area contributed by atoms with E-state index in [9.17, 15) is 0 Å². The van der Waals surface area contributed by atoms with Gasteiger partial charge in [-0.1, -0.05) is 12.2 Å². The summed E-state index contributed by atoms with van der Waals surface area (Å²) in [5.41, 5.74) is 7.66. The van der Waals surface area contributed by atoms with Gasteiger partial charge in [-0.25, -0.2) is 0 Å². The number of hydrogen-bond acceptors (Lipinski definition) is 3. The molecule has 1 aliphatic heterocycles. The Bertz CT molecular complexity index is 418. The standard InChI is InChI=1S/C14H20N2OS/c1-10-3-8-13(17-10)9-16(2)12-6-4-11(5-7-12)14(15)18/h4-7,10,13H,3,8-9H2,1-2H3,(H2,15,18). The molecule has 18 heavy (non-hydrogen) atoms. The van der Waals surface area contributed by atoms with Gasteiger partial charge in [-0.3, -0.25) is 0 Å². The number of anilines is 1. The monoisotopic (exact) mass is 264 g/mol. The molecule has 0 spiro atoms. The number of nitrogens with zero attached hydrogens (tertiary/aromatic N) is 1. The molecule has 1 fully saturated rings. The van der Waals surface area contributed by atoms with Crippen molar-refractivity contribution in [2.45, 2.75) is 32.0 Å². The molecule has 0 aromatic heterocycles. The van der Waals surface area contributed by atoms with Crippen LogP contribution in [-0.2, 0) is 4.74 Å². The first-order valence-electron chi connectivity index (χ1n) is 6.32. The van der Waals surface area contributed by atoms with E-state index in [-0.39, 0.29) is 0 Å².